The maximum absolute atomic E-state index is 12.5. The van der Waals surface area contributed by atoms with Gasteiger partial charge in [0, 0.05) is 33.3 Å². The van der Waals surface area contributed by atoms with Gasteiger partial charge in [-0.3, -0.25) is 4.79 Å². The van der Waals surface area contributed by atoms with Crippen LogP contribution in [0.25, 0.3) is 0 Å². The highest BCUT2D eigenvalue weighted by Gasteiger charge is 2.40. The van der Waals surface area contributed by atoms with Crippen molar-refractivity contribution in [2.24, 2.45) is 11.7 Å². The van der Waals surface area contributed by atoms with Gasteiger partial charge in [-0.2, -0.15) is 0 Å². The molecule has 1 atom stereocenters. The fourth-order valence-corrected chi connectivity index (χ4v) is 3.33. The number of carbonyl (C=O) groups excluding carboxylic acids is 1. The Morgan fingerprint density at radius 3 is 2.57 bits per heavy atom. The van der Waals surface area contributed by atoms with E-state index in [1.165, 1.54) is 6.42 Å². The summed E-state index contributed by atoms with van der Waals surface area (Å²) in [6.07, 6.45) is 4.87. The molecule has 0 aromatic carbocycles. The molecule has 2 aliphatic rings. The van der Waals surface area contributed by atoms with Gasteiger partial charge in [-0.25, -0.2) is 0 Å². The smallest absolute Gasteiger partial charge is 0.225 e. The summed E-state index contributed by atoms with van der Waals surface area (Å²) in [4.78, 5) is 17.0. The summed E-state index contributed by atoms with van der Waals surface area (Å²) in [6.45, 7) is 7.73. The van der Waals surface area contributed by atoms with Crippen molar-refractivity contribution in [1.82, 2.24) is 9.80 Å². The van der Waals surface area contributed by atoms with E-state index in [1.54, 1.807) is 7.11 Å². The Hall–Kier alpha value is -0.650. The third-order valence-corrected chi connectivity index (χ3v) is 5.08. The molecule has 1 unspecified atom stereocenters. The Balaban J connectivity index is 1.80. The van der Waals surface area contributed by atoms with Crippen molar-refractivity contribution < 1.29 is 9.53 Å². The van der Waals surface area contributed by atoms with E-state index in [0.29, 0.717) is 12.3 Å². The molecule has 122 valence electrons. The van der Waals surface area contributed by atoms with Gasteiger partial charge in [0.05, 0.1) is 12.0 Å². The van der Waals surface area contributed by atoms with Crippen LogP contribution in [0.4, 0.5) is 0 Å². The first-order valence-electron chi connectivity index (χ1n) is 8.34. The fraction of sp³-hybridized carbons (Fsp3) is 0.938. The quantitative estimate of drug-likeness (QED) is 0.797. The van der Waals surface area contributed by atoms with Crippen LogP contribution < -0.4 is 5.73 Å². The lowest BCUT2D eigenvalue weighted by molar-refractivity contribution is -0.144. The van der Waals surface area contributed by atoms with E-state index >= 15 is 0 Å². The van der Waals surface area contributed by atoms with Crippen molar-refractivity contribution in [3.8, 4) is 0 Å². The van der Waals surface area contributed by atoms with Gasteiger partial charge in [0.15, 0.2) is 0 Å². The minimum Gasteiger partial charge on any atom is -0.378 e. The third-order valence-electron chi connectivity index (χ3n) is 5.08. The number of hydrogen-bond donors (Lipinski definition) is 1. The standard InChI is InChI=1S/C16H31N3O2/c1-14(12-17)13-18-7-4-8-19(10-9-18)15(20)11-16(21-2)5-3-6-16/h14H,3-13,17H2,1-2H3. The highest BCUT2D eigenvalue weighted by molar-refractivity contribution is 5.77. The molecule has 0 bridgehead atoms. The van der Waals surface area contributed by atoms with Gasteiger partial charge in [0.2, 0.25) is 5.91 Å². The molecule has 1 aliphatic carbocycles. The van der Waals surface area contributed by atoms with Crippen LogP contribution in [0.1, 0.15) is 39.0 Å². The van der Waals surface area contributed by atoms with Crippen LogP contribution in [0.5, 0.6) is 0 Å². The first-order valence-corrected chi connectivity index (χ1v) is 8.34. The topological polar surface area (TPSA) is 58.8 Å². The number of ether oxygens (including phenoxy) is 1. The second-order valence-corrected chi connectivity index (χ2v) is 6.79. The Morgan fingerprint density at radius 2 is 2.00 bits per heavy atom. The maximum atomic E-state index is 12.5. The van der Waals surface area contributed by atoms with Gasteiger partial charge >= 0.3 is 0 Å². The van der Waals surface area contributed by atoms with Gasteiger partial charge in [-0.05, 0) is 44.7 Å². The van der Waals surface area contributed by atoms with E-state index in [1.807, 2.05) is 4.90 Å². The Labute approximate surface area is 128 Å². The largest absolute Gasteiger partial charge is 0.378 e. The first-order chi connectivity index (χ1) is 10.1. The third kappa shape index (κ3) is 4.41. The minimum atomic E-state index is -0.156. The lowest BCUT2D eigenvalue weighted by Gasteiger charge is -2.41. The number of carbonyl (C=O) groups is 1. The molecule has 2 rings (SSSR count). The summed E-state index contributed by atoms with van der Waals surface area (Å²) in [6, 6.07) is 0. The number of rotatable bonds is 6. The number of methoxy groups -OCH3 is 1. The molecule has 2 fully saturated rings. The lowest BCUT2D eigenvalue weighted by atomic mass is 9.77. The Bertz CT molecular complexity index is 339. The average Bonchev–Trinajstić information content (AvgIpc) is 2.68. The van der Waals surface area contributed by atoms with Crippen LogP contribution in [0.15, 0.2) is 0 Å². The van der Waals surface area contributed by atoms with Crippen molar-refractivity contribution in [2.75, 3.05) is 46.4 Å². The second kappa shape index (κ2) is 7.56. The van der Waals surface area contributed by atoms with Crippen LogP contribution in [0, 0.1) is 5.92 Å². The molecule has 0 aromatic heterocycles. The van der Waals surface area contributed by atoms with Crippen LogP contribution in [-0.4, -0.2) is 67.7 Å². The van der Waals surface area contributed by atoms with E-state index < -0.39 is 0 Å². The summed E-state index contributed by atoms with van der Waals surface area (Å²) >= 11 is 0. The highest BCUT2D eigenvalue weighted by atomic mass is 16.5. The monoisotopic (exact) mass is 297 g/mol. The average molecular weight is 297 g/mol. The molecule has 1 amide bonds. The molecule has 5 nitrogen and oxygen atoms in total. The van der Waals surface area contributed by atoms with Crippen LogP contribution in [-0.2, 0) is 9.53 Å². The van der Waals surface area contributed by atoms with Gasteiger partial charge in [-0.15, -0.1) is 0 Å². The highest BCUT2D eigenvalue weighted by Crippen LogP contribution is 2.38. The van der Waals surface area contributed by atoms with Gasteiger partial charge < -0.3 is 20.3 Å². The van der Waals surface area contributed by atoms with Gasteiger partial charge in [0.25, 0.3) is 0 Å². The normalized spacial score (nSPS) is 24.2. The molecule has 0 spiro atoms. The van der Waals surface area contributed by atoms with Crippen molar-refractivity contribution in [3.63, 3.8) is 0 Å². The van der Waals surface area contributed by atoms with Crippen LogP contribution >= 0.6 is 0 Å². The van der Waals surface area contributed by atoms with E-state index in [2.05, 4.69) is 11.8 Å². The van der Waals surface area contributed by atoms with Crippen molar-refractivity contribution in [1.29, 1.82) is 0 Å². The molecular weight excluding hydrogens is 266 g/mol. The molecule has 5 heteroatoms. The number of hydrogen-bond acceptors (Lipinski definition) is 4. The molecule has 1 heterocycles. The first kappa shape index (κ1) is 16.7. The van der Waals surface area contributed by atoms with Crippen molar-refractivity contribution >= 4 is 5.91 Å². The van der Waals surface area contributed by atoms with E-state index in [9.17, 15) is 4.79 Å². The van der Waals surface area contributed by atoms with Gasteiger partial charge in [0.1, 0.15) is 0 Å². The Kier molecular flexibility index (Phi) is 6.02. The van der Waals surface area contributed by atoms with E-state index in [0.717, 1.165) is 58.5 Å². The molecule has 21 heavy (non-hydrogen) atoms. The second-order valence-electron chi connectivity index (χ2n) is 6.79. The fourth-order valence-electron chi connectivity index (χ4n) is 3.33. The predicted octanol–water partition coefficient (Wildman–Crippen LogP) is 1.07. The maximum Gasteiger partial charge on any atom is 0.225 e. The minimum absolute atomic E-state index is 0.156. The molecule has 0 radical (unpaired) electrons. The molecule has 1 saturated carbocycles. The molecule has 1 aliphatic heterocycles. The zero-order valence-electron chi connectivity index (χ0n) is 13.6. The van der Waals surface area contributed by atoms with Crippen molar-refractivity contribution in [3.05, 3.63) is 0 Å². The Morgan fingerprint density at radius 1 is 1.24 bits per heavy atom. The predicted molar refractivity (Wildman–Crippen MR) is 84.1 cm³/mol. The molecule has 2 N–H and O–H groups in total. The van der Waals surface area contributed by atoms with Crippen LogP contribution in [0.2, 0.25) is 0 Å². The summed E-state index contributed by atoms with van der Waals surface area (Å²) in [7, 11) is 1.74. The lowest BCUT2D eigenvalue weighted by Crippen LogP contribution is -2.46. The molecular formula is C16H31N3O2. The van der Waals surface area contributed by atoms with E-state index in [-0.39, 0.29) is 11.5 Å². The van der Waals surface area contributed by atoms with E-state index in [4.69, 9.17) is 10.5 Å². The zero-order chi connectivity index (χ0) is 15.3. The zero-order valence-corrected chi connectivity index (χ0v) is 13.6. The summed E-state index contributed by atoms with van der Waals surface area (Å²) < 4.78 is 5.58. The summed E-state index contributed by atoms with van der Waals surface area (Å²) in [5.41, 5.74) is 5.55. The molecule has 0 aromatic rings. The number of amides is 1. The van der Waals surface area contributed by atoms with Crippen LogP contribution in [0.3, 0.4) is 0 Å². The summed E-state index contributed by atoms with van der Waals surface area (Å²) in [5, 5.41) is 0. The number of nitrogens with zero attached hydrogens (tertiary/aromatic N) is 2. The summed E-state index contributed by atoms with van der Waals surface area (Å²) in [5.74, 6) is 0.796. The number of nitrogens with two attached hydrogens (primary N) is 1. The SMILES string of the molecule is COC1(CC(=O)N2CCCN(CC(C)CN)CC2)CCC1. The van der Waals surface area contributed by atoms with Crippen molar-refractivity contribution in [2.45, 2.75) is 44.6 Å². The molecule has 1 saturated heterocycles. The van der Waals surface area contributed by atoms with Gasteiger partial charge in [-0.1, -0.05) is 6.92 Å².